The number of aryl methyl sites for hydroxylation is 1. The van der Waals surface area contributed by atoms with Gasteiger partial charge in [0.15, 0.2) is 0 Å². The minimum absolute atomic E-state index is 0.471. The molecule has 0 aromatic heterocycles. The molecule has 0 fully saturated rings. The van der Waals surface area contributed by atoms with Gasteiger partial charge in [0, 0.05) is 38.1 Å². The van der Waals surface area contributed by atoms with Gasteiger partial charge in [0.25, 0.3) is 0 Å². The summed E-state index contributed by atoms with van der Waals surface area (Å²) in [4.78, 5) is 0. The van der Waals surface area contributed by atoms with Crippen LogP contribution < -0.4 is 11.1 Å². The van der Waals surface area contributed by atoms with Crippen molar-refractivity contribution >= 4 is 11.4 Å². The van der Waals surface area contributed by atoms with Crippen LogP contribution in [0.2, 0.25) is 0 Å². The number of hydrogen-bond donors (Lipinski definition) is 3. The van der Waals surface area contributed by atoms with Gasteiger partial charge in [-0.2, -0.15) is 0 Å². The molecule has 0 amide bonds. The molecule has 0 aliphatic rings. The molecule has 0 saturated carbocycles. The third-order valence-electron chi connectivity index (χ3n) is 2.62. The number of ether oxygens (including phenoxy) is 1. The lowest BCUT2D eigenvalue weighted by atomic mass is 10.0. The molecule has 0 radical (unpaired) electrons. The molecule has 0 heterocycles. The Balaban J connectivity index is 2.54. The van der Waals surface area contributed by atoms with Crippen LogP contribution in [0, 0.1) is 6.92 Å². The fraction of sp³-hybridized carbons (Fsp3) is 0.538. The number of aliphatic hydroxyl groups is 1. The summed E-state index contributed by atoms with van der Waals surface area (Å²) in [5.74, 6) is 0. The van der Waals surface area contributed by atoms with Gasteiger partial charge in [-0.3, -0.25) is 0 Å². The van der Waals surface area contributed by atoms with E-state index in [9.17, 15) is 5.11 Å². The van der Waals surface area contributed by atoms with Crippen LogP contribution >= 0.6 is 0 Å². The zero-order valence-corrected chi connectivity index (χ0v) is 10.8. The van der Waals surface area contributed by atoms with E-state index in [0.29, 0.717) is 19.6 Å². The SMILES string of the molecule is COCCC(C)(O)CNc1cc(C)cc(N)c1. The van der Waals surface area contributed by atoms with Crippen LogP contribution in [0.5, 0.6) is 0 Å². The lowest BCUT2D eigenvalue weighted by Gasteiger charge is -2.24. The standard InChI is InChI=1S/C13H22N2O2/c1-10-6-11(14)8-12(7-10)15-9-13(2,16)4-5-17-3/h6-8,15-16H,4-5,9,14H2,1-3H3. The van der Waals surface area contributed by atoms with Gasteiger partial charge < -0.3 is 20.9 Å². The fourth-order valence-electron chi connectivity index (χ4n) is 1.62. The van der Waals surface area contributed by atoms with Crippen LogP contribution in [0.4, 0.5) is 11.4 Å². The van der Waals surface area contributed by atoms with E-state index in [1.165, 1.54) is 0 Å². The van der Waals surface area contributed by atoms with Crippen LogP contribution in [-0.4, -0.2) is 31.0 Å². The summed E-state index contributed by atoms with van der Waals surface area (Å²) in [6.07, 6.45) is 0.595. The molecule has 0 aliphatic carbocycles. The van der Waals surface area contributed by atoms with Crippen LogP contribution in [0.25, 0.3) is 0 Å². The van der Waals surface area contributed by atoms with Gasteiger partial charge in [-0.1, -0.05) is 0 Å². The molecule has 17 heavy (non-hydrogen) atoms. The Morgan fingerprint density at radius 3 is 2.71 bits per heavy atom. The Kier molecular flexibility index (Phi) is 4.78. The van der Waals surface area contributed by atoms with Gasteiger partial charge in [0.2, 0.25) is 0 Å². The number of benzene rings is 1. The van der Waals surface area contributed by atoms with E-state index in [-0.39, 0.29) is 0 Å². The molecule has 0 spiro atoms. The first kappa shape index (κ1) is 13.8. The third kappa shape index (κ3) is 5.06. The first-order chi connectivity index (χ1) is 7.93. The van der Waals surface area contributed by atoms with Gasteiger partial charge in [0.05, 0.1) is 5.60 Å². The summed E-state index contributed by atoms with van der Waals surface area (Å²) in [5.41, 5.74) is 7.73. The number of nitrogen functional groups attached to an aromatic ring is 1. The maximum atomic E-state index is 10.1. The van der Waals surface area contributed by atoms with E-state index in [1.807, 2.05) is 25.1 Å². The molecule has 1 atom stereocenters. The quantitative estimate of drug-likeness (QED) is 0.661. The highest BCUT2D eigenvalue weighted by molar-refractivity contribution is 5.56. The largest absolute Gasteiger partial charge is 0.399 e. The van der Waals surface area contributed by atoms with Crippen LogP contribution in [0.3, 0.4) is 0 Å². The topological polar surface area (TPSA) is 67.5 Å². The fourth-order valence-corrected chi connectivity index (χ4v) is 1.62. The molecule has 4 heteroatoms. The molecule has 1 aromatic carbocycles. The summed E-state index contributed by atoms with van der Waals surface area (Å²) in [7, 11) is 1.63. The first-order valence-electron chi connectivity index (χ1n) is 5.75. The van der Waals surface area contributed by atoms with Crippen molar-refractivity contribution in [1.29, 1.82) is 0 Å². The molecule has 0 bridgehead atoms. The average molecular weight is 238 g/mol. The van der Waals surface area contributed by atoms with Crippen LogP contribution in [-0.2, 0) is 4.74 Å². The Morgan fingerprint density at radius 2 is 2.12 bits per heavy atom. The van der Waals surface area contributed by atoms with E-state index >= 15 is 0 Å². The highest BCUT2D eigenvalue weighted by atomic mass is 16.5. The lowest BCUT2D eigenvalue weighted by molar-refractivity contribution is 0.0357. The molecule has 0 aliphatic heterocycles. The summed E-state index contributed by atoms with van der Waals surface area (Å²) < 4.78 is 4.96. The highest BCUT2D eigenvalue weighted by Crippen LogP contribution is 2.17. The van der Waals surface area contributed by atoms with Crippen molar-refractivity contribution in [1.82, 2.24) is 0 Å². The molecule has 96 valence electrons. The average Bonchev–Trinajstić information content (AvgIpc) is 2.23. The van der Waals surface area contributed by atoms with Crippen molar-refractivity contribution in [3.8, 4) is 0 Å². The molecular formula is C13H22N2O2. The summed E-state index contributed by atoms with van der Waals surface area (Å²) in [5, 5.41) is 13.3. The smallest absolute Gasteiger partial charge is 0.0813 e. The zero-order valence-electron chi connectivity index (χ0n) is 10.8. The van der Waals surface area contributed by atoms with Gasteiger partial charge in [0.1, 0.15) is 0 Å². The van der Waals surface area contributed by atoms with Crippen molar-refractivity contribution in [2.45, 2.75) is 25.9 Å². The second kappa shape index (κ2) is 5.89. The van der Waals surface area contributed by atoms with Crippen molar-refractivity contribution in [2.75, 3.05) is 31.3 Å². The first-order valence-corrected chi connectivity index (χ1v) is 5.75. The number of rotatable bonds is 6. The second-order valence-corrected chi connectivity index (χ2v) is 4.73. The van der Waals surface area contributed by atoms with Crippen molar-refractivity contribution in [2.24, 2.45) is 0 Å². The number of anilines is 2. The predicted octanol–water partition coefficient (Wildman–Crippen LogP) is 1.78. The van der Waals surface area contributed by atoms with E-state index in [0.717, 1.165) is 16.9 Å². The summed E-state index contributed by atoms with van der Waals surface area (Å²) in [6, 6.07) is 5.77. The minimum atomic E-state index is -0.783. The third-order valence-corrected chi connectivity index (χ3v) is 2.62. The Hall–Kier alpha value is -1.26. The van der Waals surface area contributed by atoms with Crippen molar-refractivity contribution < 1.29 is 9.84 Å². The van der Waals surface area contributed by atoms with E-state index < -0.39 is 5.60 Å². The number of hydrogen-bond acceptors (Lipinski definition) is 4. The highest BCUT2D eigenvalue weighted by Gasteiger charge is 2.19. The lowest BCUT2D eigenvalue weighted by Crippen LogP contribution is -2.34. The van der Waals surface area contributed by atoms with E-state index in [1.54, 1.807) is 14.0 Å². The van der Waals surface area contributed by atoms with Crippen LogP contribution in [0.1, 0.15) is 18.9 Å². The zero-order chi connectivity index (χ0) is 12.9. The molecule has 1 rings (SSSR count). The van der Waals surface area contributed by atoms with Gasteiger partial charge >= 0.3 is 0 Å². The van der Waals surface area contributed by atoms with Gasteiger partial charge in [-0.15, -0.1) is 0 Å². The number of methoxy groups -OCH3 is 1. The molecule has 1 aromatic rings. The molecule has 1 unspecified atom stereocenters. The molecule has 0 saturated heterocycles. The summed E-state index contributed by atoms with van der Waals surface area (Å²) >= 11 is 0. The van der Waals surface area contributed by atoms with Crippen molar-refractivity contribution in [3.05, 3.63) is 23.8 Å². The van der Waals surface area contributed by atoms with E-state index in [4.69, 9.17) is 10.5 Å². The molecular weight excluding hydrogens is 216 g/mol. The monoisotopic (exact) mass is 238 g/mol. The number of nitrogens with two attached hydrogens (primary N) is 1. The normalized spacial score (nSPS) is 14.4. The molecule has 4 N–H and O–H groups in total. The Labute approximate surface area is 103 Å². The maximum absolute atomic E-state index is 10.1. The van der Waals surface area contributed by atoms with Crippen LogP contribution in [0.15, 0.2) is 18.2 Å². The van der Waals surface area contributed by atoms with Gasteiger partial charge in [-0.25, -0.2) is 0 Å². The predicted molar refractivity (Wildman–Crippen MR) is 71.2 cm³/mol. The van der Waals surface area contributed by atoms with Gasteiger partial charge in [-0.05, 0) is 37.6 Å². The Bertz CT molecular complexity index is 344. The Morgan fingerprint density at radius 1 is 1.41 bits per heavy atom. The molecule has 4 nitrogen and oxygen atoms in total. The minimum Gasteiger partial charge on any atom is -0.399 e. The van der Waals surface area contributed by atoms with E-state index in [2.05, 4.69) is 5.32 Å². The van der Waals surface area contributed by atoms with Crippen molar-refractivity contribution in [3.63, 3.8) is 0 Å². The maximum Gasteiger partial charge on any atom is 0.0813 e. The second-order valence-electron chi connectivity index (χ2n) is 4.73. The summed E-state index contributed by atoms with van der Waals surface area (Å²) in [6.45, 7) is 4.80. The number of nitrogens with one attached hydrogen (secondary N) is 1.